The first kappa shape index (κ1) is 15.1. The number of benzene rings is 1. The van der Waals surface area contributed by atoms with E-state index in [4.69, 9.17) is 10.8 Å². The van der Waals surface area contributed by atoms with Crippen molar-refractivity contribution in [2.24, 2.45) is 5.73 Å². The average molecular weight is 305 g/mol. The number of primary amides is 1. The molecule has 0 spiro atoms. The van der Waals surface area contributed by atoms with Crippen LogP contribution in [0.2, 0.25) is 0 Å². The summed E-state index contributed by atoms with van der Waals surface area (Å²) >= 11 is 1.48. The highest BCUT2D eigenvalue weighted by molar-refractivity contribution is 7.13. The van der Waals surface area contributed by atoms with Crippen molar-refractivity contribution in [2.45, 2.75) is 6.54 Å². The second kappa shape index (κ2) is 6.96. The van der Waals surface area contributed by atoms with E-state index in [1.165, 1.54) is 16.2 Å². The van der Waals surface area contributed by atoms with E-state index in [9.17, 15) is 9.59 Å². The Labute approximate surface area is 125 Å². The topological polar surface area (TPSA) is 96.5 Å². The molecule has 0 atom stereocenters. The van der Waals surface area contributed by atoms with E-state index in [1.54, 1.807) is 0 Å². The van der Waals surface area contributed by atoms with Crippen molar-refractivity contribution in [3.05, 3.63) is 41.4 Å². The molecule has 0 saturated carbocycles. The van der Waals surface area contributed by atoms with Gasteiger partial charge in [0.05, 0.1) is 18.8 Å². The fourth-order valence-corrected chi connectivity index (χ4v) is 2.72. The van der Waals surface area contributed by atoms with Gasteiger partial charge in [0.25, 0.3) is 0 Å². The van der Waals surface area contributed by atoms with Gasteiger partial charge in [-0.1, -0.05) is 30.3 Å². The van der Waals surface area contributed by atoms with E-state index >= 15 is 0 Å². The molecule has 1 aromatic heterocycles. The fraction of sp³-hybridized carbons (Fsp3) is 0.214. The van der Waals surface area contributed by atoms with Crippen molar-refractivity contribution >= 4 is 23.2 Å². The zero-order valence-corrected chi connectivity index (χ0v) is 12.0. The van der Waals surface area contributed by atoms with Crippen LogP contribution < -0.4 is 5.73 Å². The number of carboxylic acid groups (broad SMARTS) is 1. The van der Waals surface area contributed by atoms with E-state index in [0.29, 0.717) is 0 Å². The van der Waals surface area contributed by atoms with Crippen LogP contribution in [0.5, 0.6) is 0 Å². The summed E-state index contributed by atoms with van der Waals surface area (Å²) in [6.07, 6.45) is 0. The number of carbonyl (C=O) groups is 2. The van der Waals surface area contributed by atoms with Crippen molar-refractivity contribution in [1.29, 1.82) is 0 Å². The van der Waals surface area contributed by atoms with Crippen molar-refractivity contribution in [3.63, 3.8) is 0 Å². The van der Waals surface area contributed by atoms with Crippen molar-refractivity contribution in [2.75, 3.05) is 13.1 Å². The third kappa shape index (κ3) is 4.66. The van der Waals surface area contributed by atoms with Gasteiger partial charge in [-0.25, -0.2) is 4.98 Å². The largest absolute Gasteiger partial charge is 0.480 e. The molecule has 7 heteroatoms. The first-order chi connectivity index (χ1) is 10.0. The van der Waals surface area contributed by atoms with Gasteiger partial charge in [0.1, 0.15) is 5.01 Å². The molecule has 6 nitrogen and oxygen atoms in total. The number of carboxylic acids is 1. The Morgan fingerprint density at radius 3 is 2.57 bits per heavy atom. The molecule has 110 valence electrons. The number of aliphatic carboxylic acids is 1. The van der Waals surface area contributed by atoms with E-state index in [0.717, 1.165) is 16.3 Å². The summed E-state index contributed by atoms with van der Waals surface area (Å²) in [6.45, 7) is -0.0792. The molecule has 0 saturated heterocycles. The number of aromatic nitrogens is 1. The molecule has 21 heavy (non-hydrogen) atoms. The summed E-state index contributed by atoms with van der Waals surface area (Å²) in [4.78, 5) is 27.7. The molecule has 1 heterocycles. The van der Waals surface area contributed by atoms with E-state index in [-0.39, 0.29) is 19.6 Å². The van der Waals surface area contributed by atoms with Gasteiger partial charge < -0.3 is 10.8 Å². The lowest BCUT2D eigenvalue weighted by Gasteiger charge is -2.16. The van der Waals surface area contributed by atoms with Crippen molar-refractivity contribution < 1.29 is 14.7 Å². The smallest absolute Gasteiger partial charge is 0.317 e. The van der Waals surface area contributed by atoms with Gasteiger partial charge in [0.15, 0.2) is 0 Å². The molecule has 1 aromatic carbocycles. The van der Waals surface area contributed by atoms with Crippen LogP contribution >= 0.6 is 11.3 Å². The lowest BCUT2D eigenvalue weighted by molar-refractivity contribution is -0.138. The zero-order chi connectivity index (χ0) is 15.2. The monoisotopic (exact) mass is 305 g/mol. The van der Waals surface area contributed by atoms with Crippen LogP contribution in [-0.4, -0.2) is 40.0 Å². The van der Waals surface area contributed by atoms with Crippen LogP contribution in [0.25, 0.3) is 10.6 Å². The first-order valence-electron chi connectivity index (χ1n) is 6.27. The van der Waals surface area contributed by atoms with Crippen LogP contribution in [0.15, 0.2) is 35.7 Å². The normalized spacial score (nSPS) is 10.7. The molecule has 3 N–H and O–H groups in total. The molecule has 0 aliphatic carbocycles. The summed E-state index contributed by atoms with van der Waals surface area (Å²) in [5.41, 5.74) is 6.86. The van der Waals surface area contributed by atoms with E-state index in [2.05, 4.69) is 4.98 Å². The van der Waals surface area contributed by atoms with Gasteiger partial charge in [-0.2, -0.15) is 0 Å². The summed E-state index contributed by atoms with van der Waals surface area (Å²) in [6, 6.07) is 9.71. The minimum Gasteiger partial charge on any atom is -0.480 e. The lowest BCUT2D eigenvalue weighted by atomic mass is 10.2. The number of carbonyl (C=O) groups excluding carboxylic acids is 1. The maximum absolute atomic E-state index is 11.0. The lowest BCUT2D eigenvalue weighted by Crippen LogP contribution is -2.36. The standard InChI is InChI=1S/C14H15N3O3S/c15-12(18)7-17(8-13(19)20)6-11-9-21-14(16-11)10-4-2-1-3-5-10/h1-5,9H,6-8H2,(H2,15,18)(H,19,20). The number of hydrogen-bond donors (Lipinski definition) is 2. The molecule has 0 aliphatic heterocycles. The highest BCUT2D eigenvalue weighted by Gasteiger charge is 2.15. The van der Waals surface area contributed by atoms with Gasteiger partial charge >= 0.3 is 5.97 Å². The highest BCUT2D eigenvalue weighted by atomic mass is 32.1. The molecule has 0 radical (unpaired) electrons. The van der Waals surface area contributed by atoms with Crippen LogP contribution in [0.4, 0.5) is 0 Å². The maximum Gasteiger partial charge on any atom is 0.317 e. The van der Waals surface area contributed by atoms with Gasteiger partial charge in [0.2, 0.25) is 5.91 Å². The van der Waals surface area contributed by atoms with Crippen LogP contribution in [-0.2, 0) is 16.1 Å². The van der Waals surface area contributed by atoms with Crippen molar-refractivity contribution in [3.8, 4) is 10.6 Å². The number of amides is 1. The third-order valence-electron chi connectivity index (χ3n) is 2.70. The molecule has 0 bridgehead atoms. The Bertz CT molecular complexity index is 611. The Balaban J connectivity index is 2.09. The molecular formula is C14H15N3O3S. The van der Waals surface area contributed by atoms with Gasteiger partial charge in [0, 0.05) is 17.5 Å². The number of hydrogen-bond acceptors (Lipinski definition) is 5. The number of nitrogens with zero attached hydrogens (tertiary/aromatic N) is 2. The van der Waals surface area contributed by atoms with Crippen LogP contribution in [0, 0.1) is 0 Å². The predicted molar refractivity (Wildman–Crippen MR) is 79.7 cm³/mol. The van der Waals surface area contributed by atoms with Crippen LogP contribution in [0.1, 0.15) is 5.69 Å². The number of rotatable bonds is 7. The second-order valence-electron chi connectivity index (χ2n) is 4.52. The minimum atomic E-state index is -1.00. The molecule has 0 unspecified atom stereocenters. The Morgan fingerprint density at radius 1 is 1.24 bits per heavy atom. The molecule has 2 aromatic rings. The SMILES string of the molecule is NC(=O)CN(CC(=O)O)Cc1csc(-c2ccccc2)n1. The second-order valence-corrected chi connectivity index (χ2v) is 5.37. The maximum atomic E-state index is 11.0. The average Bonchev–Trinajstić information content (AvgIpc) is 2.86. The quantitative estimate of drug-likeness (QED) is 0.800. The molecule has 0 fully saturated rings. The number of thiazole rings is 1. The van der Waals surface area contributed by atoms with E-state index < -0.39 is 11.9 Å². The predicted octanol–water partition coefficient (Wildman–Crippen LogP) is 1.18. The first-order valence-corrected chi connectivity index (χ1v) is 7.15. The Morgan fingerprint density at radius 2 is 1.95 bits per heavy atom. The number of nitrogens with two attached hydrogens (primary N) is 1. The minimum absolute atomic E-state index is 0.107. The van der Waals surface area contributed by atoms with Gasteiger partial charge in [-0.15, -0.1) is 11.3 Å². The molecule has 1 amide bonds. The zero-order valence-electron chi connectivity index (χ0n) is 11.2. The van der Waals surface area contributed by atoms with Crippen LogP contribution in [0.3, 0.4) is 0 Å². The highest BCUT2D eigenvalue weighted by Crippen LogP contribution is 2.23. The Hall–Kier alpha value is -2.25. The molecule has 0 aliphatic rings. The summed E-state index contributed by atoms with van der Waals surface area (Å²) in [7, 11) is 0. The molecule has 2 rings (SSSR count). The third-order valence-corrected chi connectivity index (χ3v) is 3.64. The van der Waals surface area contributed by atoms with Gasteiger partial charge in [-0.3, -0.25) is 14.5 Å². The van der Waals surface area contributed by atoms with E-state index in [1.807, 2.05) is 35.7 Å². The molecular weight excluding hydrogens is 290 g/mol. The van der Waals surface area contributed by atoms with Crippen molar-refractivity contribution in [1.82, 2.24) is 9.88 Å². The summed E-state index contributed by atoms with van der Waals surface area (Å²) < 4.78 is 0. The summed E-state index contributed by atoms with van der Waals surface area (Å²) in [5, 5.41) is 11.6. The summed E-state index contributed by atoms with van der Waals surface area (Å²) in [5.74, 6) is -1.57. The fourth-order valence-electron chi connectivity index (χ4n) is 1.90. The van der Waals surface area contributed by atoms with Gasteiger partial charge in [-0.05, 0) is 0 Å². The Kier molecular flexibility index (Phi) is 5.02.